The summed E-state index contributed by atoms with van der Waals surface area (Å²) in [5.41, 5.74) is 3.55. The highest BCUT2D eigenvalue weighted by molar-refractivity contribution is 5.79. The van der Waals surface area contributed by atoms with E-state index in [9.17, 15) is 0 Å². The van der Waals surface area contributed by atoms with Gasteiger partial charge < -0.3 is 24.8 Å². The van der Waals surface area contributed by atoms with Crippen LogP contribution in [0.1, 0.15) is 29.5 Å². The molecule has 2 aliphatic heterocycles. The summed E-state index contributed by atoms with van der Waals surface area (Å²) >= 11 is 0. The lowest BCUT2D eigenvalue weighted by Crippen LogP contribution is -2.42. The number of rotatable bonds is 7. The molecule has 2 aromatic carbocycles. The molecule has 2 aliphatic rings. The van der Waals surface area contributed by atoms with Crippen LogP contribution >= 0.6 is 0 Å². The normalized spacial score (nSPS) is 20.5. The van der Waals surface area contributed by atoms with E-state index in [1.165, 1.54) is 11.1 Å². The standard InChI is InChI=1S/C24H31N3O3/c1-17-9-10-19(23(12-17)29-16-20-7-5-11-28-20)14-26-24(25-2)27-15-21-13-18-6-3-4-8-22(18)30-21/h3-4,6,8-10,12,20-21H,5,7,11,13-16H2,1-2H3,(H2,25,26,27). The highest BCUT2D eigenvalue weighted by Gasteiger charge is 2.22. The lowest BCUT2D eigenvalue weighted by Gasteiger charge is -2.18. The Labute approximate surface area is 178 Å². The van der Waals surface area contributed by atoms with Crippen LogP contribution in [0, 0.1) is 6.92 Å². The first-order valence-corrected chi connectivity index (χ1v) is 10.7. The minimum atomic E-state index is 0.116. The zero-order valence-corrected chi connectivity index (χ0v) is 17.8. The van der Waals surface area contributed by atoms with E-state index in [2.05, 4.69) is 52.9 Å². The first-order chi connectivity index (χ1) is 14.7. The molecule has 2 atom stereocenters. The van der Waals surface area contributed by atoms with E-state index in [0.29, 0.717) is 19.7 Å². The maximum absolute atomic E-state index is 6.10. The van der Waals surface area contributed by atoms with Gasteiger partial charge in [0.15, 0.2) is 5.96 Å². The molecule has 1 fully saturated rings. The number of aliphatic imine (C=N–C) groups is 1. The fourth-order valence-corrected chi connectivity index (χ4v) is 3.88. The SMILES string of the molecule is CN=C(NCc1ccc(C)cc1OCC1CCCO1)NCC1Cc2ccccc2O1. The average molecular weight is 410 g/mol. The summed E-state index contributed by atoms with van der Waals surface area (Å²) < 4.78 is 17.8. The number of nitrogens with one attached hydrogen (secondary N) is 2. The second-order valence-corrected chi connectivity index (χ2v) is 7.92. The molecule has 0 radical (unpaired) electrons. The Kier molecular flexibility index (Phi) is 6.74. The molecule has 2 heterocycles. The molecule has 0 amide bonds. The number of para-hydroxylation sites is 1. The van der Waals surface area contributed by atoms with Gasteiger partial charge in [0.1, 0.15) is 24.2 Å². The zero-order valence-electron chi connectivity index (χ0n) is 17.8. The average Bonchev–Trinajstić information content (AvgIpc) is 3.42. The summed E-state index contributed by atoms with van der Waals surface area (Å²) in [6.45, 7) is 4.85. The van der Waals surface area contributed by atoms with E-state index in [4.69, 9.17) is 14.2 Å². The molecule has 0 saturated carbocycles. The number of hydrogen-bond donors (Lipinski definition) is 2. The minimum absolute atomic E-state index is 0.116. The van der Waals surface area contributed by atoms with Crippen molar-refractivity contribution in [3.05, 3.63) is 59.2 Å². The second kappa shape index (κ2) is 9.85. The maximum Gasteiger partial charge on any atom is 0.191 e. The van der Waals surface area contributed by atoms with E-state index in [1.54, 1.807) is 7.05 Å². The fraction of sp³-hybridized carbons (Fsp3) is 0.458. The second-order valence-electron chi connectivity index (χ2n) is 7.92. The van der Waals surface area contributed by atoms with Gasteiger partial charge in [0, 0.05) is 32.2 Å². The van der Waals surface area contributed by atoms with E-state index < -0.39 is 0 Å². The fourth-order valence-electron chi connectivity index (χ4n) is 3.88. The number of hydrogen-bond acceptors (Lipinski definition) is 4. The van der Waals surface area contributed by atoms with Gasteiger partial charge in [-0.15, -0.1) is 0 Å². The largest absolute Gasteiger partial charge is 0.491 e. The number of guanidine groups is 1. The van der Waals surface area contributed by atoms with Crippen LogP contribution < -0.4 is 20.1 Å². The predicted molar refractivity (Wildman–Crippen MR) is 118 cm³/mol. The summed E-state index contributed by atoms with van der Waals surface area (Å²) in [5.74, 6) is 2.64. The van der Waals surface area contributed by atoms with E-state index in [-0.39, 0.29) is 12.2 Å². The molecule has 0 spiro atoms. The van der Waals surface area contributed by atoms with Crippen molar-refractivity contribution in [3.63, 3.8) is 0 Å². The Hall–Kier alpha value is -2.73. The van der Waals surface area contributed by atoms with Crippen molar-refractivity contribution in [2.45, 2.75) is 44.9 Å². The van der Waals surface area contributed by atoms with Crippen molar-refractivity contribution in [2.75, 3.05) is 26.8 Å². The van der Waals surface area contributed by atoms with Gasteiger partial charge in [-0.25, -0.2) is 0 Å². The molecule has 0 aromatic heterocycles. The van der Waals surface area contributed by atoms with Gasteiger partial charge in [-0.05, 0) is 43.0 Å². The highest BCUT2D eigenvalue weighted by atomic mass is 16.5. The van der Waals surface area contributed by atoms with Gasteiger partial charge in [-0.3, -0.25) is 4.99 Å². The smallest absolute Gasteiger partial charge is 0.191 e. The first-order valence-electron chi connectivity index (χ1n) is 10.7. The van der Waals surface area contributed by atoms with Crippen LogP contribution in [0.2, 0.25) is 0 Å². The summed E-state index contributed by atoms with van der Waals surface area (Å²) in [6.07, 6.45) is 3.43. The number of ether oxygens (including phenoxy) is 3. The highest BCUT2D eigenvalue weighted by Crippen LogP contribution is 2.27. The lowest BCUT2D eigenvalue weighted by molar-refractivity contribution is 0.0676. The minimum Gasteiger partial charge on any atom is -0.491 e. The number of benzene rings is 2. The van der Waals surface area contributed by atoms with E-state index >= 15 is 0 Å². The quantitative estimate of drug-likeness (QED) is 0.543. The van der Waals surface area contributed by atoms with Gasteiger partial charge in [-0.1, -0.05) is 30.3 Å². The van der Waals surface area contributed by atoms with Crippen LogP contribution in [-0.4, -0.2) is 45.0 Å². The Balaban J connectivity index is 1.28. The van der Waals surface area contributed by atoms with E-state index in [1.807, 2.05) is 12.1 Å². The number of fused-ring (bicyclic) bond motifs is 1. The summed E-state index contributed by atoms with van der Waals surface area (Å²) in [6, 6.07) is 14.5. The van der Waals surface area contributed by atoms with Crippen LogP contribution in [0.15, 0.2) is 47.5 Å². The van der Waals surface area contributed by atoms with E-state index in [0.717, 1.165) is 48.9 Å². The van der Waals surface area contributed by atoms with Gasteiger partial charge >= 0.3 is 0 Å². The Morgan fingerprint density at radius 1 is 1.17 bits per heavy atom. The maximum atomic E-state index is 6.10. The van der Waals surface area contributed by atoms with Crippen LogP contribution in [0.5, 0.6) is 11.5 Å². The Morgan fingerprint density at radius 3 is 2.87 bits per heavy atom. The van der Waals surface area contributed by atoms with Crippen LogP contribution in [-0.2, 0) is 17.7 Å². The third-order valence-corrected chi connectivity index (χ3v) is 5.55. The molecular weight excluding hydrogens is 378 g/mol. The van der Waals surface area contributed by atoms with Crippen LogP contribution in [0.4, 0.5) is 0 Å². The van der Waals surface area contributed by atoms with Crippen molar-refractivity contribution in [1.82, 2.24) is 10.6 Å². The van der Waals surface area contributed by atoms with Crippen molar-refractivity contribution >= 4 is 5.96 Å². The van der Waals surface area contributed by atoms with Gasteiger partial charge in [0.25, 0.3) is 0 Å². The molecule has 2 N–H and O–H groups in total. The summed E-state index contributed by atoms with van der Waals surface area (Å²) in [7, 11) is 1.78. The van der Waals surface area contributed by atoms with Crippen molar-refractivity contribution in [1.29, 1.82) is 0 Å². The van der Waals surface area contributed by atoms with Crippen molar-refractivity contribution in [3.8, 4) is 11.5 Å². The number of aryl methyl sites for hydroxylation is 1. The molecule has 2 aromatic rings. The molecule has 6 nitrogen and oxygen atoms in total. The Morgan fingerprint density at radius 2 is 2.07 bits per heavy atom. The monoisotopic (exact) mass is 409 g/mol. The van der Waals surface area contributed by atoms with Gasteiger partial charge in [0.2, 0.25) is 0 Å². The third-order valence-electron chi connectivity index (χ3n) is 5.55. The summed E-state index contributed by atoms with van der Waals surface area (Å²) in [4.78, 5) is 4.35. The van der Waals surface area contributed by atoms with Gasteiger partial charge in [0.05, 0.1) is 12.6 Å². The molecule has 4 rings (SSSR count). The summed E-state index contributed by atoms with van der Waals surface area (Å²) in [5, 5.41) is 6.77. The molecule has 6 heteroatoms. The molecule has 0 bridgehead atoms. The molecule has 30 heavy (non-hydrogen) atoms. The number of nitrogens with zero attached hydrogens (tertiary/aromatic N) is 1. The third kappa shape index (κ3) is 5.25. The molecule has 1 saturated heterocycles. The topological polar surface area (TPSA) is 64.1 Å². The molecular formula is C24H31N3O3. The van der Waals surface area contributed by atoms with Crippen molar-refractivity contribution < 1.29 is 14.2 Å². The zero-order chi connectivity index (χ0) is 20.8. The van der Waals surface area contributed by atoms with Gasteiger partial charge in [-0.2, -0.15) is 0 Å². The Bertz CT molecular complexity index is 853. The lowest BCUT2D eigenvalue weighted by atomic mass is 10.1. The first kappa shape index (κ1) is 20.5. The molecule has 2 unspecified atom stereocenters. The van der Waals surface area contributed by atoms with Crippen LogP contribution in [0.25, 0.3) is 0 Å². The van der Waals surface area contributed by atoms with Crippen molar-refractivity contribution in [2.24, 2.45) is 4.99 Å². The predicted octanol–water partition coefficient (Wildman–Crippen LogP) is 3.22. The van der Waals surface area contributed by atoms with Crippen LogP contribution in [0.3, 0.4) is 0 Å². The molecule has 0 aliphatic carbocycles. The molecule has 160 valence electrons.